The molecule has 0 unspecified atom stereocenters. The van der Waals surface area contributed by atoms with Gasteiger partial charge in [-0.3, -0.25) is 24.5 Å². The molecule has 51 heavy (non-hydrogen) atoms. The van der Waals surface area contributed by atoms with Crippen molar-refractivity contribution >= 4 is 28.5 Å². The molecule has 2 aromatic carbocycles. The molecule has 8 rings (SSSR count). The molecule has 5 atom stereocenters. The third-order valence-corrected chi connectivity index (χ3v) is 12.5. The van der Waals surface area contributed by atoms with Crippen LogP contribution >= 0.6 is 0 Å². The fourth-order valence-electron chi connectivity index (χ4n) is 9.23. The molecular formula is C39H53FN8O3. The van der Waals surface area contributed by atoms with E-state index in [4.69, 9.17) is 9.72 Å². The molecule has 274 valence electrons. The van der Waals surface area contributed by atoms with Crippen LogP contribution in [-0.2, 0) is 24.3 Å². The Bertz CT molecular complexity index is 1870. The Morgan fingerprint density at radius 1 is 1.10 bits per heavy atom. The minimum atomic E-state index is -0.359. The second kappa shape index (κ2) is 13.8. The molecule has 11 nitrogen and oxygen atoms in total. The number of halogens is 1. The number of hydrogen-bond donors (Lipinski definition) is 2. The van der Waals surface area contributed by atoms with Crippen LogP contribution in [0.3, 0.4) is 0 Å². The number of methoxy groups -OCH3 is 1. The zero-order chi connectivity index (χ0) is 36.2. The number of carbonyl (C=O) groups excluding carboxylic acids is 1. The lowest BCUT2D eigenvalue weighted by atomic mass is 9.44. The van der Waals surface area contributed by atoms with Crippen LogP contribution in [0.4, 0.5) is 10.1 Å². The number of benzene rings is 2. The summed E-state index contributed by atoms with van der Waals surface area (Å²) in [5.74, 6) is 2.45. The summed E-state index contributed by atoms with van der Waals surface area (Å²) in [6.45, 7) is 14.1. The van der Waals surface area contributed by atoms with Crippen molar-refractivity contribution < 1.29 is 13.9 Å². The highest BCUT2D eigenvalue weighted by Gasteiger charge is 2.58. The van der Waals surface area contributed by atoms with E-state index < -0.39 is 0 Å². The van der Waals surface area contributed by atoms with E-state index in [1.165, 1.54) is 19.6 Å². The molecule has 3 saturated carbocycles. The van der Waals surface area contributed by atoms with E-state index in [9.17, 15) is 19.4 Å². The van der Waals surface area contributed by atoms with Gasteiger partial charge in [-0.05, 0) is 86.2 Å². The summed E-state index contributed by atoms with van der Waals surface area (Å²) >= 11 is 0. The molecule has 3 heterocycles. The maximum absolute atomic E-state index is 15.0. The first-order valence-corrected chi connectivity index (χ1v) is 18.5. The molecule has 2 saturated heterocycles. The molecule has 0 radical (unpaired) electrons. The number of hydrogen-bond acceptors (Lipinski definition) is 7. The van der Waals surface area contributed by atoms with Gasteiger partial charge in [0, 0.05) is 63.1 Å². The summed E-state index contributed by atoms with van der Waals surface area (Å²) in [6.07, 6.45) is 2.51. The van der Waals surface area contributed by atoms with E-state index in [0.717, 1.165) is 38.3 Å². The average molecular weight is 701 g/mol. The van der Waals surface area contributed by atoms with Crippen LogP contribution in [0.1, 0.15) is 51.9 Å². The van der Waals surface area contributed by atoms with Crippen molar-refractivity contribution in [1.29, 1.82) is 5.41 Å². The summed E-state index contributed by atoms with van der Waals surface area (Å²) in [7, 11) is 3.63. The molecule has 2 bridgehead atoms. The molecule has 2 aliphatic heterocycles. The lowest BCUT2D eigenvalue weighted by molar-refractivity contribution is -0.124. The Kier molecular flexibility index (Phi) is 9.60. The number of nitrogens with zero attached hydrogens (tertiary/aromatic N) is 6. The van der Waals surface area contributed by atoms with Crippen molar-refractivity contribution in [3.8, 4) is 5.75 Å². The first-order valence-electron chi connectivity index (χ1n) is 18.5. The number of carbonyl (C=O) groups is 1. The van der Waals surface area contributed by atoms with Crippen LogP contribution in [0.25, 0.3) is 10.9 Å². The van der Waals surface area contributed by atoms with E-state index in [0.29, 0.717) is 77.8 Å². The zero-order valence-corrected chi connectivity index (χ0v) is 30.9. The number of aromatic nitrogens is 2. The van der Waals surface area contributed by atoms with Crippen LogP contribution < -0.4 is 20.5 Å². The number of rotatable bonds is 8. The fourth-order valence-corrected chi connectivity index (χ4v) is 9.23. The molecule has 5 aliphatic rings. The van der Waals surface area contributed by atoms with Crippen molar-refractivity contribution in [1.82, 2.24) is 29.6 Å². The van der Waals surface area contributed by atoms with E-state index in [1.807, 2.05) is 30.0 Å². The number of guanidine groups is 1. The van der Waals surface area contributed by atoms with Crippen molar-refractivity contribution in [2.75, 3.05) is 58.3 Å². The topological polar surface area (TPSA) is 110 Å². The van der Waals surface area contributed by atoms with Crippen molar-refractivity contribution in [3.05, 3.63) is 64.0 Å². The standard InChI is InChI=1S/C39H53FN8O3/c1-24-21-46(23-36(49)42-24)38(41)48(34-18-27-17-31(25(34)2)39(27,3)4)28-8-10-30-33(19-28)43-35(22-45-15-13-44(5)14-16-45)47(37(30)50)12-11-26-7-9-29(51-6)20-32(26)40/h7-10,19-20,24-25,27,31,34,41H,11-18,21-23H2,1-6H3,(H,42,49)/t24-,25-,27+,31-,34-/m0/s1. The highest BCUT2D eigenvalue weighted by Crippen LogP contribution is 2.62. The van der Waals surface area contributed by atoms with Gasteiger partial charge in [0.2, 0.25) is 5.91 Å². The predicted molar refractivity (Wildman–Crippen MR) is 198 cm³/mol. The van der Waals surface area contributed by atoms with E-state index in [1.54, 1.807) is 16.7 Å². The van der Waals surface area contributed by atoms with Crippen molar-refractivity contribution in [2.45, 2.75) is 72.1 Å². The lowest BCUT2D eigenvalue weighted by Crippen LogP contribution is -2.65. The molecule has 0 spiro atoms. The van der Waals surface area contributed by atoms with Crippen LogP contribution in [0.15, 0.2) is 41.2 Å². The van der Waals surface area contributed by atoms with Gasteiger partial charge in [0.25, 0.3) is 5.56 Å². The second-order valence-corrected chi connectivity index (χ2v) is 16.0. The number of aryl methyl sites for hydroxylation is 1. The molecular weight excluding hydrogens is 647 g/mol. The molecule has 3 aliphatic carbocycles. The Morgan fingerprint density at radius 3 is 2.53 bits per heavy atom. The summed E-state index contributed by atoms with van der Waals surface area (Å²) in [5, 5.41) is 13.1. The number of anilines is 1. The van der Waals surface area contributed by atoms with E-state index in [-0.39, 0.29) is 41.3 Å². The number of likely N-dealkylation sites (N-methyl/N-ethyl adjacent to an activating group) is 1. The summed E-state index contributed by atoms with van der Waals surface area (Å²) in [6, 6.07) is 10.6. The minimum absolute atomic E-state index is 0.0650. The monoisotopic (exact) mass is 700 g/mol. The first kappa shape index (κ1) is 35.4. The molecule has 3 aromatic rings. The highest BCUT2D eigenvalue weighted by atomic mass is 19.1. The number of nitrogens with one attached hydrogen (secondary N) is 2. The predicted octanol–water partition coefficient (Wildman–Crippen LogP) is 4.17. The number of ether oxygens (including phenoxy) is 1. The number of piperazine rings is 2. The molecule has 1 amide bonds. The van der Waals surface area contributed by atoms with Gasteiger partial charge in [0.1, 0.15) is 17.4 Å². The first-order chi connectivity index (χ1) is 24.3. The third-order valence-electron chi connectivity index (χ3n) is 12.5. The Hall–Kier alpha value is -4.03. The summed E-state index contributed by atoms with van der Waals surface area (Å²) in [4.78, 5) is 40.8. The van der Waals surface area contributed by atoms with Crippen LogP contribution in [0.5, 0.6) is 5.75 Å². The minimum Gasteiger partial charge on any atom is -0.497 e. The van der Waals surface area contributed by atoms with Gasteiger partial charge < -0.3 is 24.8 Å². The van der Waals surface area contributed by atoms with Crippen molar-refractivity contribution in [2.24, 2.45) is 23.2 Å². The maximum atomic E-state index is 15.0. The number of fused-ring (bicyclic) bond motifs is 3. The Morgan fingerprint density at radius 2 is 1.86 bits per heavy atom. The smallest absolute Gasteiger partial charge is 0.261 e. The maximum Gasteiger partial charge on any atom is 0.261 e. The van der Waals surface area contributed by atoms with Gasteiger partial charge in [-0.1, -0.05) is 26.8 Å². The van der Waals surface area contributed by atoms with Gasteiger partial charge in [-0.15, -0.1) is 0 Å². The Balaban J connectivity index is 1.27. The fraction of sp³-hybridized carbons (Fsp3) is 0.590. The highest BCUT2D eigenvalue weighted by molar-refractivity contribution is 5.99. The summed E-state index contributed by atoms with van der Waals surface area (Å²) < 4.78 is 21.9. The summed E-state index contributed by atoms with van der Waals surface area (Å²) in [5.41, 5.74) is 2.04. The van der Waals surface area contributed by atoms with Gasteiger partial charge in [-0.2, -0.15) is 0 Å². The number of amides is 1. The quantitative estimate of drug-likeness (QED) is 0.267. The van der Waals surface area contributed by atoms with Crippen LogP contribution in [-0.4, -0.2) is 102 Å². The molecule has 1 aromatic heterocycles. The van der Waals surface area contributed by atoms with Gasteiger partial charge >= 0.3 is 0 Å². The van der Waals surface area contributed by atoms with E-state index in [2.05, 4.69) is 47.8 Å². The normalized spacial score (nSPS) is 26.5. The second-order valence-electron chi connectivity index (χ2n) is 16.0. The van der Waals surface area contributed by atoms with Gasteiger partial charge in [0.05, 0.1) is 31.1 Å². The van der Waals surface area contributed by atoms with E-state index >= 15 is 0 Å². The third kappa shape index (κ3) is 6.72. The average Bonchev–Trinajstić information content (AvgIpc) is 3.09. The largest absolute Gasteiger partial charge is 0.497 e. The lowest BCUT2D eigenvalue weighted by Gasteiger charge is -2.63. The molecule has 5 fully saturated rings. The van der Waals surface area contributed by atoms with Gasteiger partial charge in [-0.25, -0.2) is 9.37 Å². The van der Waals surface area contributed by atoms with Crippen molar-refractivity contribution in [3.63, 3.8) is 0 Å². The van der Waals surface area contributed by atoms with Crippen LogP contribution in [0, 0.1) is 34.4 Å². The molecule has 2 N–H and O–H groups in total. The SMILES string of the molecule is COc1ccc(CCn2c(CN3CCN(C)CC3)nc3cc(N(C(=N)N4CC(=O)N[C@@H](C)C4)[C@H]4C[C@H]5C[C@@H]([C@@H]4C)C5(C)C)ccc3c2=O)c(F)c1. The zero-order valence-electron chi connectivity index (χ0n) is 30.9. The van der Waals surface area contributed by atoms with Gasteiger partial charge in [0.15, 0.2) is 5.96 Å². The van der Waals surface area contributed by atoms with Crippen LogP contribution in [0.2, 0.25) is 0 Å². The Labute approximate surface area is 300 Å². The molecule has 12 heteroatoms.